The standard InChI is InChI=1S/C23H26N6O6S.C3H8.C2H7N/c1-13-9-17(18(10-14(13)2)29-36(4,33)34)26-23(32)28-27-19-11-15(5-6-21(19)30)35-16-7-8-25-20(12-16)22(31)24-3;1-3-2;1-2-3/h5-12,27,29-30H,1-4H3,(H,24,31)(H2,26,28,32);3H2,1-2H3;2-3H2,1H3. The molecule has 42 heavy (non-hydrogen) atoms. The highest BCUT2D eigenvalue weighted by molar-refractivity contribution is 7.92. The lowest BCUT2D eigenvalue weighted by Gasteiger charge is -2.16. The molecule has 0 bridgehead atoms. The summed E-state index contributed by atoms with van der Waals surface area (Å²) in [5.41, 5.74) is 12.2. The van der Waals surface area contributed by atoms with Gasteiger partial charge in [0, 0.05) is 25.4 Å². The van der Waals surface area contributed by atoms with E-state index in [2.05, 4.69) is 45.0 Å². The first-order valence-electron chi connectivity index (χ1n) is 13.1. The molecule has 0 saturated carbocycles. The maximum absolute atomic E-state index is 12.5. The van der Waals surface area contributed by atoms with Gasteiger partial charge in [-0.15, -0.1) is 0 Å². The number of sulfonamides is 1. The number of ether oxygens (including phenoxy) is 1. The molecule has 3 rings (SSSR count). The zero-order valence-corrected chi connectivity index (χ0v) is 25.8. The van der Waals surface area contributed by atoms with Crippen LogP contribution >= 0.6 is 0 Å². The van der Waals surface area contributed by atoms with Crippen molar-refractivity contribution >= 4 is 39.0 Å². The van der Waals surface area contributed by atoms with E-state index in [0.717, 1.165) is 23.9 Å². The van der Waals surface area contributed by atoms with Gasteiger partial charge >= 0.3 is 6.03 Å². The van der Waals surface area contributed by atoms with Crippen LogP contribution in [0.15, 0.2) is 48.7 Å². The number of hydrogen-bond donors (Lipinski definition) is 7. The number of phenols is 1. The predicted octanol–water partition coefficient (Wildman–Crippen LogP) is 4.46. The summed E-state index contributed by atoms with van der Waals surface area (Å²) in [6.45, 7) is 10.5. The van der Waals surface area contributed by atoms with Crippen molar-refractivity contribution < 1.29 is 27.9 Å². The molecule has 0 fully saturated rings. The van der Waals surface area contributed by atoms with E-state index in [9.17, 15) is 23.1 Å². The molecule has 2 aromatic carbocycles. The largest absolute Gasteiger partial charge is 0.506 e. The Bertz CT molecular complexity index is 1450. The summed E-state index contributed by atoms with van der Waals surface area (Å²) in [5, 5.41) is 15.2. The number of carbonyl (C=O) groups excluding carboxylic acids is 2. The second-order valence-electron chi connectivity index (χ2n) is 8.91. The van der Waals surface area contributed by atoms with Gasteiger partial charge in [-0.1, -0.05) is 27.2 Å². The minimum Gasteiger partial charge on any atom is -0.506 e. The number of aromatic hydroxyl groups is 1. The van der Waals surface area contributed by atoms with Crippen LogP contribution in [-0.2, 0) is 10.0 Å². The third-order valence-corrected chi connectivity index (χ3v) is 5.47. The molecule has 8 N–H and O–H groups in total. The number of pyridine rings is 1. The van der Waals surface area contributed by atoms with Crippen LogP contribution in [0, 0.1) is 13.8 Å². The summed E-state index contributed by atoms with van der Waals surface area (Å²) >= 11 is 0. The second kappa shape index (κ2) is 17.3. The number of urea groups is 1. The molecule has 0 saturated heterocycles. The van der Waals surface area contributed by atoms with Crippen molar-refractivity contribution in [1.29, 1.82) is 0 Å². The van der Waals surface area contributed by atoms with Crippen LogP contribution in [0.25, 0.3) is 0 Å². The Morgan fingerprint density at radius 1 is 0.952 bits per heavy atom. The van der Waals surface area contributed by atoms with Crippen LogP contribution in [0.1, 0.15) is 48.8 Å². The van der Waals surface area contributed by atoms with Crippen LogP contribution in [-0.4, -0.2) is 50.3 Å². The van der Waals surface area contributed by atoms with Gasteiger partial charge in [-0.25, -0.2) is 13.2 Å². The van der Waals surface area contributed by atoms with Gasteiger partial charge in [0.25, 0.3) is 5.91 Å². The number of nitrogens with zero attached hydrogens (tertiary/aromatic N) is 1. The minimum absolute atomic E-state index is 0.123. The van der Waals surface area contributed by atoms with E-state index in [1.807, 2.05) is 20.8 Å². The monoisotopic (exact) mass is 603 g/mol. The number of anilines is 3. The minimum atomic E-state index is -3.58. The first-order chi connectivity index (χ1) is 19.8. The Morgan fingerprint density at radius 2 is 1.52 bits per heavy atom. The van der Waals surface area contributed by atoms with E-state index in [1.165, 1.54) is 43.9 Å². The summed E-state index contributed by atoms with van der Waals surface area (Å²) in [5.74, 6) is 0.100. The van der Waals surface area contributed by atoms with E-state index in [0.29, 0.717) is 11.5 Å². The van der Waals surface area contributed by atoms with E-state index >= 15 is 0 Å². The van der Waals surface area contributed by atoms with E-state index in [4.69, 9.17) is 10.5 Å². The maximum atomic E-state index is 12.5. The smallest absolute Gasteiger partial charge is 0.337 e. The number of carbonyl (C=O) groups is 2. The number of hydrogen-bond acceptors (Lipinski definition) is 9. The van der Waals surface area contributed by atoms with Crippen molar-refractivity contribution in [1.82, 2.24) is 15.7 Å². The number of rotatable bonds is 8. The zero-order valence-electron chi connectivity index (χ0n) is 25.0. The van der Waals surface area contributed by atoms with E-state index < -0.39 is 16.1 Å². The molecular formula is C28H41N7O6S. The molecule has 0 spiro atoms. The van der Waals surface area contributed by atoms with Crippen molar-refractivity contribution in [3.05, 3.63) is 65.5 Å². The third-order valence-electron chi connectivity index (χ3n) is 4.88. The normalized spacial score (nSPS) is 10.1. The fourth-order valence-corrected chi connectivity index (χ4v) is 3.59. The summed E-state index contributed by atoms with van der Waals surface area (Å²) in [6, 6.07) is 9.83. The van der Waals surface area contributed by atoms with Crippen molar-refractivity contribution in [3.63, 3.8) is 0 Å². The highest BCUT2D eigenvalue weighted by atomic mass is 32.2. The number of nitrogens with one attached hydrogen (secondary N) is 5. The Labute approximate surface area is 247 Å². The Balaban J connectivity index is 0.00000135. The number of aromatic nitrogens is 1. The first-order valence-corrected chi connectivity index (χ1v) is 15.0. The average Bonchev–Trinajstić information content (AvgIpc) is 2.91. The molecule has 3 amide bonds. The molecule has 14 heteroatoms. The first kappa shape index (κ1) is 35.5. The highest BCUT2D eigenvalue weighted by Crippen LogP contribution is 2.31. The summed E-state index contributed by atoms with van der Waals surface area (Å²) in [4.78, 5) is 28.2. The molecular weight excluding hydrogens is 562 g/mol. The van der Waals surface area contributed by atoms with Crippen LogP contribution in [0.5, 0.6) is 17.2 Å². The summed E-state index contributed by atoms with van der Waals surface area (Å²) < 4.78 is 31.5. The van der Waals surface area contributed by atoms with Crippen LogP contribution in [0.2, 0.25) is 0 Å². The fourth-order valence-electron chi connectivity index (χ4n) is 3.02. The maximum Gasteiger partial charge on any atom is 0.337 e. The number of aryl methyl sites for hydroxylation is 2. The molecule has 3 aromatic rings. The quantitative estimate of drug-likeness (QED) is 0.144. The number of phenolic OH excluding ortho intramolecular Hbond substituents is 1. The molecule has 1 aromatic heterocycles. The van der Waals surface area contributed by atoms with Crippen LogP contribution < -0.4 is 36.7 Å². The molecule has 1 heterocycles. The van der Waals surface area contributed by atoms with Crippen molar-refractivity contribution in [3.8, 4) is 17.2 Å². The van der Waals surface area contributed by atoms with Gasteiger partial charge in [0.05, 0.1) is 23.3 Å². The van der Waals surface area contributed by atoms with Crippen molar-refractivity contribution in [2.45, 2.75) is 41.0 Å². The number of nitrogens with two attached hydrogens (primary N) is 1. The molecule has 0 aliphatic heterocycles. The predicted molar refractivity (Wildman–Crippen MR) is 167 cm³/mol. The third kappa shape index (κ3) is 12.3. The molecule has 0 aliphatic rings. The lowest BCUT2D eigenvalue weighted by molar-refractivity contribution is 0.0957. The molecule has 0 unspecified atom stereocenters. The molecule has 0 atom stereocenters. The Kier molecular flexibility index (Phi) is 14.6. The van der Waals surface area contributed by atoms with Crippen LogP contribution in [0.3, 0.4) is 0 Å². The lowest BCUT2D eigenvalue weighted by Crippen LogP contribution is -2.34. The van der Waals surface area contributed by atoms with Crippen molar-refractivity contribution in [2.75, 3.05) is 35.3 Å². The van der Waals surface area contributed by atoms with Gasteiger partial charge in [0.1, 0.15) is 22.9 Å². The molecule has 0 aliphatic carbocycles. The molecule has 0 radical (unpaired) electrons. The van der Waals surface area contributed by atoms with E-state index in [-0.39, 0.29) is 34.4 Å². The number of amides is 3. The van der Waals surface area contributed by atoms with Gasteiger partial charge < -0.3 is 26.2 Å². The van der Waals surface area contributed by atoms with Gasteiger partial charge in [0.2, 0.25) is 10.0 Å². The van der Waals surface area contributed by atoms with Gasteiger partial charge in [-0.3, -0.25) is 25.4 Å². The number of hydrazine groups is 1. The average molecular weight is 604 g/mol. The topological polar surface area (TPSA) is 197 Å². The summed E-state index contributed by atoms with van der Waals surface area (Å²) in [6.07, 6.45) is 3.68. The summed E-state index contributed by atoms with van der Waals surface area (Å²) in [7, 11) is -2.09. The van der Waals surface area contributed by atoms with Crippen molar-refractivity contribution in [2.24, 2.45) is 5.73 Å². The zero-order chi connectivity index (χ0) is 31.9. The highest BCUT2D eigenvalue weighted by Gasteiger charge is 2.13. The fraction of sp³-hybridized carbons (Fsp3) is 0.321. The van der Waals surface area contributed by atoms with Gasteiger partial charge in [0.15, 0.2) is 0 Å². The van der Waals surface area contributed by atoms with E-state index in [1.54, 1.807) is 18.2 Å². The Hall–Kier alpha value is -4.56. The van der Waals surface area contributed by atoms with Gasteiger partial charge in [-0.05, 0) is 61.9 Å². The van der Waals surface area contributed by atoms with Crippen LogP contribution in [0.4, 0.5) is 21.9 Å². The number of benzene rings is 2. The molecule has 13 nitrogen and oxygen atoms in total. The lowest BCUT2D eigenvalue weighted by atomic mass is 10.1. The molecule has 230 valence electrons. The SMILES string of the molecule is CCC.CCN.CNC(=O)c1cc(Oc2ccc(O)c(NNC(=O)Nc3cc(C)c(C)cc3NS(C)(=O)=O)c2)ccn1. The Morgan fingerprint density at radius 3 is 2.10 bits per heavy atom. The van der Waals surface area contributed by atoms with Gasteiger partial charge in [-0.2, -0.15) is 0 Å². The second-order valence-corrected chi connectivity index (χ2v) is 10.7.